The smallest absolute Gasteiger partial charge is 0.336 e. The Kier molecular flexibility index (Phi) is 5.04. The van der Waals surface area contributed by atoms with E-state index in [4.69, 9.17) is 28.3 Å². The molecule has 0 fully saturated rings. The topological polar surface area (TPSA) is 104 Å². The maximum atomic E-state index is 12.1. The number of aryl methyl sites for hydroxylation is 1. The summed E-state index contributed by atoms with van der Waals surface area (Å²) >= 11 is 11.7. The monoisotopic (exact) mass is 341 g/mol. The van der Waals surface area contributed by atoms with E-state index in [-0.39, 0.29) is 14.9 Å². The molecule has 1 unspecified atom stereocenters. The van der Waals surface area contributed by atoms with Crippen LogP contribution in [0.25, 0.3) is 0 Å². The summed E-state index contributed by atoms with van der Waals surface area (Å²) < 4.78 is 26.2. The van der Waals surface area contributed by atoms with E-state index in [2.05, 4.69) is 0 Å². The van der Waals surface area contributed by atoms with E-state index in [0.29, 0.717) is 5.56 Å². The highest BCUT2D eigenvalue weighted by molar-refractivity contribution is 7.89. The molecule has 0 heterocycles. The standard InChI is InChI=1S/C11H13Cl2NO5S/c1-6-3-4-7(12)9(8(6)13)20(18,19)14-5-11(2,17)10(15)16/h3-4,14,17H,5H2,1-2H3,(H,15,16). The van der Waals surface area contributed by atoms with E-state index in [1.807, 2.05) is 4.72 Å². The van der Waals surface area contributed by atoms with Gasteiger partial charge in [-0.3, -0.25) is 0 Å². The first kappa shape index (κ1) is 17.2. The summed E-state index contributed by atoms with van der Waals surface area (Å²) in [5.41, 5.74) is -1.74. The fraction of sp³-hybridized carbons (Fsp3) is 0.364. The molecule has 20 heavy (non-hydrogen) atoms. The molecule has 0 aromatic heterocycles. The number of aliphatic hydroxyl groups is 1. The Morgan fingerprint density at radius 2 is 1.95 bits per heavy atom. The largest absolute Gasteiger partial charge is 0.479 e. The Bertz CT molecular complexity index is 642. The summed E-state index contributed by atoms with van der Waals surface area (Å²) in [5, 5.41) is 18.1. The van der Waals surface area contributed by atoms with Crippen LogP contribution in [-0.4, -0.2) is 36.7 Å². The molecule has 0 amide bonds. The van der Waals surface area contributed by atoms with Crippen molar-refractivity contribution in [3.63, 3.8) is 0 Å². The van der Waals surface area contributed by atoms with Gasteiger partial charge in [-0.15, -0.1) is 0 Å². The minimum Gasteiger partial charge on any atom is -0.479 e. The van der Waals surface area contributed by atoms with Gasteiger partial charge in [0.25, 0.3) is 0 Å². The summed E-state index contributed by atoms with van der Waals surface area (Å²) in [7, 11) is -4.15. The molecule has 1 aromatic rings. The maximum Gasteiger partial charge on any atom is 0.336 e. The lowest BCUT2D eigenvalue weighted by Crippen LogP contribution is -2.46. The van der Waals surface area contributed by atoms with Gasteiger partial charge in [-0.05, 0) is 25.5 Å². The third-order valence-corrected chi connectivity index (χ3v) is 5.09. The van der Waals surface area contributed by atoms with Gasteiger partial charge in [0.1, 0.15) is 4.90 Å². The molecular formula is C11H13Cl2NO5S. The van der Waals surface area contributed by atoms with Gasteiger partial charge in [0.05, 0.1) is 16.6 Å². The van der Waals surface area contributed by atoms with Gasteiger partial charge in [-0.25, -0.2) is 17.9 Å². The van der Waals surface area contributed by atoms with Crippen LogP contribution in [0.3, 0.4) is 0 Å². The van der Waals surface area contributed by atoms with Crippen LogP contribution in [-0.2, 0) is 14.8 Å². The number of halogens is 2. The number of benzene rings is 1. The number of sulfonamides is 1. The molecule has 1 rings (SSSR count). The van der Waals surface area contributed by atoms with Crippen LogP contribution in [0.2, 0.25) is 10.0 Å². The van der Waals surface area contributed by atoms with Gasteiger partial charge in [0, 0.05) is 0 Å². The predicted molar refractivity (Wildman–Crippen MR) is 74.6 cm³/mol. The number of carboxylic acid groups (broad SMARTS) is 1. The van der Waals surface area contributed by atoms with Gasteiger partial charge in [-0.2, -0.15) is 0 Å². The average Bonchev–Trinajstić information content (AvgIpc) is 2.32. The number of rotatable bonds is 5. The van der Waals surface area contributed by atoms with Crippen LogP contribution < -0.4 is 4.72 Å². The molecule has 6 nitrogen and oxygen atoms in total. The summed E-state index contributed by atoms with van der Waals surface area (Å²) in [5.74, 6) is -1.55. The van der Waals surface area contributed by atoms with Crippen molar-refractivity contribution < 1.29 is 23.4 Å². The summed E-state index contributed by atoms with van der Waals surface area (Å²) in [4.78, 5) is 10.4. The normalized spacial score (nSPS) is 14.8. The van der Waals surface area contributed by atoms with E-state index in [0.717, 1.165) is 6.92 Å². The molecule has 0 saturated carbocycles. The molecule has 112 valence electrons. The second-order valence-electron chi connectivity index (χ2n) is 4.41. The lowest BCUT2D eigenvalue weighted by atomic mass is 10.1. The molecule has 0 aliphatic heterocycles. The van der Waals surface area contributed by atoms with E-state index >= 15 is 0 Å². The minimum absolute atomic E-state index is 0.0556. The lowest BCUT2D eigenvalue weighted by molar-refractivity contribution is -0.155. The molecule has 0 saturated heterocycles. The van der Waals surface area contributed by atoms with E-state index in [1.54, 1.807) is 13.0 Å². The minimum atomic E-state index is -4.15. The highest BCUT2D eigenvalue weighted by Gasteiger charge is 2.33. The molecule has 0 radical (unpaired) electrons. The number of nitrogens with one attached hydrogen (secondary N) is 1. The van der Waals surface area contributed by atoms with Crippen LogP contribution in [0.4, 0.5) is 0 Å². The molecule has 3 N–H and O–H groups in total. The van der Waals surface area contributed by atoms with Crippen LogP contribution in [0.15, 0.2) is 17.0 Å². The first-order valence-corrected chi connectivity index (χ1v) is 7.63. The average molecular weight is 342 g/mol. The van der Waals surface area contributed by atoms with Crippen LogP contribution >= 0.6 is 23.2 Å². The van der Waals surface area contributed by atoms with Crippen LogP contribution in [0, 0.1) is 6.92 Å². The summed E-state index contributed by atoms with van der Waals surface area (Å²) in [6, 6.07) is 2.92. The van der Waals surface area contributed by atoms with Gasteiger partial charge < -0.3 is 10.2 Å². The van der Waals surface area contributed by atoms with Gasteiger partial charge >= 0.3 is 5.97 Å². The van der Waals surface area contributed by atoms with Crippen molar-refractivity contribution in [1.82, 2.24) is 4.72 Å². The SMILES string of the molecule is Cc1ccc(Cl)c(S(=O)(=O)NCC(C)(O)C(=O)O)c1Cl. The van der Waals surface area contributed by atoms with Crippen molar-refractivity contribution in [2.45, 2.75) is 24.3 Å². The Morgan fingerprint density at radius 1 is 1.40 bits per heavy atom. The van der Waals surface area contributed by atoms with Crippen molar-refractivity contribution in [3.05, 3.63) is 27.7 Å². The van der Waals surface area contributed by atoms with E-state index < -0.39 is 28.1 Å². The highest BCUT2D eigenvalue weighted by atomic mass is 35.5. The molecular weight excluding hydrogens is 329 g/mol. The van der Waals surface area contributed by atoms with E-state index in [9.17, 15) is 18.3 Å². The number of hydrogen-bond acceptors (Lipinski definition) is 4. The maximum absolute atomic E-state index is 12.1. The molecule has 0 aliphatic carbocycles. The fourth-order valence-electron chi connectivity index (χ4n) is 1.26. The third kappa shape index (κ3) is 3.62. The Hall–Kier alpha value is -0.860. The summed E-state index contributed by atoms with van der Waals surface area (Å²) in [6.45, 7) is 1.85. The molecule has 0 spiro atoms. The zero-order valence-electron chi connectivity index (χ0n) is 10.6. The first-order chi connectivity index (χ1) is 8.99. The van der Waals surface area contributed by atoms with Gasteiger partial charge in [0.2, 0.25) is 10.0 Å². The Balaban J connectivity index is 3.14. The second-order valence-corrected chi connectivity index (χ2v) is 6.90. The lowest BCUT2D eigenvalue weighted by Gasteiger charge is -2.19. The summed E-state index contributed by atoms with van der Waals surface area (Å²) in [6.07, 6.45) is 0. The first-order valence-electron chi connectivity index (χ1n) is 5.39. The number of carbonyl (C=O) groups is 1. The van der Waals surface area contributed by atoms with Crippen molar-refractivity contribution >= 4 is 39.2 Å². The quantitative estimate of drug-likeness (QED) is 0.751. The Labute approximate surface area is 126 Å². The number of hydrogen-bond donors (Lipinski definition) is 3. The molecule has 0 bridgehead atoms. The van der Waals surface area contributed by atoms with Crippen molar-refractivity contribution in [2.75, 3.05) is 6.54 Å². The molecule has 0 aliphatic rings. The third-order valence-electron chi connectivity index (χ3n) is 2.58. The van der Waals surface area contributed by atoms with Crippen LogP contribution in [0.5, 0.6) is 0 Å². The fourth-order valence-corrected chi connectivity index (χ4v) is 3.58. The number of carboxylic acids is 1. The van der Waals surface area contributed by atoms with Crippen molar-refractivity contribution in [1.29, 1.82) is 0 Å². The van der Waals surface area contributed by atoms with Crippen molar-refractivity contribution in [2.24, 2.45) is 0 Å². The van der Waals surface area contributed by atoms with E-state index in [1.165, 1.54) is 6.07 Å². The molecule has 1 atom stereocenters. The second kappa shape index (κ2) is 5.87. The zero-order chi connectivity index (χ0) is 15.7. The Morgan fingerprint density at radius 3 is 2.45 bits per heavy atom. The van der Waals surface area contributed by atoms with Crippen LogP contribution in [0.1, 0.15) is 12.5 Å². The molecule has 9 heteroatoms. The van der Waals surface area contributed by atoms with Gasteiger partial charge in [-0.1, -0.05) is 29.3 Å². The predicted octanol–water partition coefficient (Wildman–Crippen LogP) is 1.42. The zero-order valence-corrected chi connectivity index (χ0v) is 13.0. The highest BCUT2D eigenvalue weighted by Crippen LogP contribution is 2.31. The van der Waals surface area contributed by atoms with Crippen molar-refractivity contribution in [3.8, 4) is 0 Å². The number of aliphatic carboxylic acids is 1. The molecule has 1 aromatic carbocycles. The van der Waals surface area contributed by atoms with Gasteiger partial charge in [0.15, 0.2) is 5.60 Å².